The molecule has 0 aliphatic carbocycles. The first kappa shape index (κ1) is 17.7. The van der Waals surface area contributed by atoms with Gasteiger partial charge in [-0.15, -0.1) is 0 Å². The van der Waals surface area contributed by atoms with Crippen molar-refractivity contribution < 1.29 is 22.4 Å². The fourth-order valence-electron chi connectivity index (χ4n) is 2.54. The third kappa shape index (κ3) is 3.44. The van der Waals surface area contributed by atoms with Gasteiger partial charge in [-0.3, -0.25) is 9.48 Å². The first-order chi connectivity index (χ1) is 12.4. The van der Waals surface area contributed by atoms with Gasteiger partial charge in [-0.05, 0) is 23.8 Å². The van der Waals surface area contributed by atoms with Gasteiger partial charge in [0.25, 0.3) is 12.3 Å². The number of nitrogens with one attached hydrogen (secondary N) is 1. The van der Waals surface area contributed by atoms with Crippen LogP contribution >= 0.6 is 0 Å². The lowest BCUT2D eigenvalue weighted by molar-refractivity contribution is 0.101. The number of carbonyl (C=O) groups is 1. The largest absolute Gasteiger partial charge is 0.321 e. The van der Waals surface area contributed by atoms with Gasteiger partial charge in [0.15, 0.2) is 11.6 Å². The molecule has 0 saturated carbocycles. The van der Waals surface area contributed by atoms with E-state index in [0.29, 0.717) is 11.1 Å². The molecule has 1 heterocycles. The Morgan fingerprint density at radius 3 is 2.54 bits per heavy atom. The van der Waals surface area contributed by atoms with Gasteiger partial charge in [-0.1, -0.05) is 24.3 Å². The molecule has 1 amide bonds. The van der Waals surface area contributed by atoms with E-state index >= 15 is 0 Å². The van der Waals surface area contributed by atoms with Crippen molar-refractivity contribution >= 4 is 11.6 Å². The van der Waals surface area contributed by atoms with Crippen LogP contribution in [-0.2, 0) is 7.05 Å². The average molecular weight is 363 g/mol. The molecular formula is C18H13F4N3O. The van der Waals surface area contributed by atoms with Crippen molar-refractivity contribution in [2.24, 2.45) is 7.05 Å². The minimum atomic E-state index is -2.90. The standard InChI is InChI=1S/C18H13F4N3O/c1-25-9-12(16(24-25)17(21)22)18(26)23-15-5-3-2-4-11(15)10-6-7-13(19)14(20)8-10/h2-9,17H,1H3,(H,23,26). The zero-order valence-electron chi connectivity index (χ0n) is 13.5. The molecule has 0 aliphatic rings. The second kappa shape index (κ2) is 6.99. The van der Waals surface area contributed by atoms with Crippen LogP contribution in [0.4, 0.5) is 23.2 Å². The van der Waals surface area contributed by atoms with E-state index in [4.69, 9.17) is 0 Å². The van der Waals surface area contributed by atoms with E-state index in [-0.39, 0.29) is 11.3 Å². The van der Waals surface area contributed by atoms with Crippen LogP contribution in [0.15, 0.2) is 48.7 Å². The van der Waals surface area contributed by atoms with Crippen LogP contribution in [0.1, 0.15) is 22.5 Å². The molecule has 0 atom stereocenters. The molecule has 2 aromatic carbocycles. The first-order valence-corrected chi connectivity index (χ1v) is 7.54. The Morgan fingerprint density at radius 2 is 1.85 bits per heavy atom. The van der Waals surface area contributed by atoms with Crippen LogP contribution in [0.25, 0.3) is 11.1 Å². The summed E-state index contributed by atoms with van der Waals surface area (Å²) in [5.41, 5.74) is 0.132. The second-order valence-corrected chi connectivity index (χ2v) is 5.53. The lowest BCUT2D eigenvalue weighted by atomic mass is 10.0. The van der Waals surface area contributed by atoms with Crippen molar-refractivity contribution in [3.05, 3.63) is 71.6 Å². The fraction of sp³-hybridized carbons (Fsp3) is 0.111. The summed E-state index contributed by atoms with van der Waals surface area (Å²) in [6.07, 6.45) is -1.71. The highest BCUT2D eigenvalue weighted by Gasteiger charge is 2.23. The maximum absolute atomic E-state index is 13.5. The molecule has 4 nitrogen and oxygen atoms in total. The van der Waals surface area contributed by atoms with E-state index in [0.717, 1.165) is 16.8 Å². The smallest absolute Gasteiger partial charge is 0.282 e. The van der Waals surface area contributed by atoms with E-state index in [1.807, 2.05) is 0 Å². The third-order valence-corrected chi connectivity index (χ3v) is 3.71. The Morgan fingerprint density at radius 1 is 1.12 bits per heavy atom. The van der Waals surface area contributed by atoms with Crippen LogP contribution in [0.5, 0.6) is 0 Å². The summed E-state index contributed by atoms with van der Waals surface area (Å²) >= 11 is 0. The van der Waals surface area contributed by atoms with Crippen LogP contribution in [0.3, 0.4) is 0 Å². The molecule has 0 bridgehead atoms. The highest BCUT2D eigenvalue weighted by Crippen LogP contribution is 2.30. The Kier molecular flexibility index (Phi) is 4.75. The van der Waals surface area contributed by atoms with Crippen molar-refractivity contribution in [3.63, 3.8) is 0 Å². The van der Waals surface area contributed by atoms with Crippen molar-refractivity contribution in [3.8, 4) is 11.1 Å². The molecule has 1 aromatic heterocycles. The molecule has 1 N–H and O–H groups in total. The maximum atomic E-state index is 13.5. The summed E-state index contributed by atoms with van der Waals surface area (Å²) in [6.45, 7) is 0. The third-order valence-electron chi connectivity index (χ3n) is 3.71. The molecule has 0 saturated heterocycles. The summed E-state index contributed by atoms with van der Waals surface area (Å²) in [4.78, 5) is 12.4. The molecule has 0 fully saturated rings. The van der Waals surface area contributed by atoms with Crippen LogP contribution in [0.2, 0.25) is 0 Å². The normalized spacial score (nSPS) is 11.0. The Hall–Kier alpha value is -3.16. The number of hydrogen-bond donors (Lipinski definition) is 1. The number of halogens is 4. The summed E-state index contributed by atoms with van der Waals surface area (Å²) in [7, 11) is 1.43. The molecule has 0 aliphatic heterocycles. The molecule has 0 unspecified atom stereocenters. The van der Waals surface area contributed by atoms with Gasteiger partial charge in [0.05, 0.1) is 5.56 Å². The second-order valence-electron chi connectivity index (χ2n) is 5.53. The molecule has 0 radical (unpaired) electrons. The zero-order valence-corrected chi connectivity index (χ0v) is 13.5. The monoisotopic (exact) mass is 363 g/mol. The van der Waals surface area contributed by atoms with Crippen LogP contribution in [0, 0.1) is 11.6 Å². The number of hydrogen-bond acceptors (Lipinski definition) is 2. The maximum Gasteiger partial charge on any atom is 0.282 e. The number of amides is 1. The Balaban J connectivity index is 1.96. The van der Waals surface area contributed by atoms with Crippen LogP contribution in [-0.4, -0.2) is 15.7 Å². The van der Waals surface area contributed by atoms with E-state index in [9.17, 15) is 22.4 Å². The van der Waals surface area contributed by atoms with E-state index in [2.05, 4.69) is 10.4 Å². The molecule has 26 heavy (non-hydrogen) atoms. The number of para-hydroxylation sites is 1. The first-order valence-electron chi connectivity index (χ1n) is 7.54. The lowest BCUT2D eigenvalue weighted by Crippen LogP contribution is -2.14. The SMILES string of the molecule is Cn1cc(C(=O)Nc2ccccc2-c2ccc(F)c(F)c2)c(C(F)F)n1. The molecule has 0 spiro atoms. The number of benzene rings is 2. The summed E-state index contributed by atoms with van der Waals surface area (Å²) in [5, 5.41) is 6.12. The van der Waals surface area contributed by atoms with Gasteiger partial charge >= 0.3 is 0 Å². The van der Waals surface area contributed by atoms with E-state index in [1.165, 1.54) is 25.4 Å². The zero-order chi connectivity index (χ0) is 18.8. The number of alkyl halides is 2. The molecule has 3 rings (SSSR count). The van der Waals surface area contributed by atoms with Gasteiger partial charge in [-0.25, -0.2) is 17.6 Å². The van der Waals surface area contributed by atoms with E-state index < -0.39 is 29.7 Å². The number of aryl methyl sites for hydroxylation is 1. The minimum Gasteiger partial charge on any atom is -0.321 e. The summed E-state index contributed by atoms with van der Waals surface area (Å²) in [5.74, 6) is -2.80. The summed E-state index contributed by atoms with van der Waals surface area (Å²) in [6, 6.07) is 9.73. The minimum absolute atomic E-state index is 0.261. The van der Waals surface area contributed by atoms with Crippen molar-refractivity contribution in [1.29, 1.82) is 0 Å². The van der Waals surface area contributed by atoms with Crippen molar-refractivity contribution in [1.82, 2.24) is 9.78 Å². The Bertz CT molecular complexity index is 969. The highest BCUT2D eigenvalue weighted by molar-refractivity contribution is 6.06. The number of aromatic nitrogens is 2. The molecule has 134 valence electrons. The van der Waals surface area contributed by atoms with Gasteiger partial charge in [0.2, 0.25) is 0 Å². The topological polar surface area (TPSA) is 46.9 Å². The number of carbonyl (C=O) groups excluding carboxylic acids is 1. The van der Waals surface area contributed by atoms with Gasteiger partial charge in [0, 0.05) is 24.5 Å². The predicted molar refractivity (Wildman–Crippen MR) is 87.9 cm³/mol. The number of rotatable bonds is 4. The fourth-order valence-corrected chi connectivity index (χ4v) is 2.54. The molecular weight excluding hydrogens is 350 g/mol. The van der Waals surface area contributed by atoms with Gasteiger partial charge < -0.3 is 5.32 Å². The number of anilines is 1. The Labute approximate surface area is 146 Å². The highest BCUT2D eigenvalue weighted by atomic mass is 19.3. The van der Waals surface area contributed by atoms with Gasteiger partial charge in [0.1, 0.15) is 5.69 Å². The van der Waals surface area contributed by atoms with E-state index in [1.54, 1.807) is 18.2 Å². The summed E-state index contributed by atoms with van der Waals surface area (Å²) < 4.78 is 53.8. The van der Waals surface area contributed by atoms with Crippen LogP contribution < -0.4 is 5.32 Å². The predicted octanol–water partition coefficient (Wildman–Crippen LogP) is 4.56. The average Bonchev–Trinajstić information content (AvgIpc) is 3.00. The lowest BCUT2D eigenvalue weighted by Gasteiger charge is -2.11. The van der Waals surface area contributed by atoms with Crippen molar-refractivity contribution in [2.75, 3.05) is 5.32 Å². The van der Waals surface area contributed by atoms with Crippen molar-refractivity contribution in [2.45, 2.75) is 6.43 Å². The quantitative estimate of drug-likeness (QED) is 0.691. The van der Waals surface area contributed by atoms with Gasteiger partial charge in [-0.2, -0.15) is 5.10 Å². The number of nitrogens with zero attached hydrogens (tertiary/aromatic N) is 2. The molecule has 8 heteroatoms. The molecule has 3 aromatic rings.